The van der Waals surface area contributed by atoms with E-state index in [0.717, 1.165) is 31.7 Å². The zero-order valence-electron chi connectivity index (χ0n) is 10.3. The molecule has 0 atom stereocenters. The van der Waals surface area contributed by atoms with E-state index in [2.05, 4.69) is 31.1 Å². The summed E-state index contributed by atoms with van der Waals surface area (Å²) >= 11 is 0. The highest BCUT2D eigenvalue weighted by Gasteiger charge is 1.96. The van der Waals surface area contributed by atoms with E-state index in [0.29, 0.717) is 6.54 Å². The van der Waals surface area contributed by atoms with Gasteiger partial charge in [-0.25, -0.2) is 0 Å². The number of nitrogens with two attached hydrogens (primary N) is 1. The quantitative estimate of drug-likeness (QED) is 0.711. The Labute approximate surface area is 98.2 Å². The standard InChI is InChI=1S/C13H22N2O/c1-15(2)10-3-11-16-13-6-4-12(5-7-13)8-9-14/h4-7H,3,8-11,14H2,1-2H3. The molecule has 0 saturated carbocycles. The Morgan fingerprint density at radius 2 is 1.88 bits per heavy atom. The summed E-state index contributed by atoms with van der Waals surface area (Å²) in [5.74, 6) is 0.944. The first-order valence-electron chi connectivity index (χ1n) is 5.79. The van der Waals surface area contributed by atoms with Gasteiger partial charge < -0.3 is 15.4 Å². The molecule has 0 amide bonds. The van der Waals surface area contributed by atoms with Gasteiger partial charge >= 0.3 is 0 Å². The third kappa shape index (κ3) is 5.14. The second kappa shape index (κ2) is 7.25. The van der Waals surface area contributed by atoms with Crippen LogP contribution in [0.5, 0.6) is 5.75 Å². The summed E-state index contributed by atoms with van der Waals surface area (Å²) in [6.07, 6.45) is 1.98. The highest BCUT2D eigenvalue weighted by atomic mass is 16.5. The Hall–Kier alpha value is -1.06. The molecule has 0 saturated heterocycles. The summed E-state index contributed by atoms with van der Waals surface area (Å²) in [4.78, 5) is 2.16. The van der Waals surface area contributed by atoms with Gasteiger partial charge in [-0.1, -0.05) is 12.1 Å². The fraction of sp³-hybridized carbons (Fsp3) is 0.538. The van der Waals surface area contributed by atoms with Crippen molar-refractivity contribution in [3.63, 3.8) is 0 Å². The molecule has 0 heterocycles. The molecule has 1 aromatic carbocycles. The average molecular weight is 222 g/mol. The first kappa shape index (κ1) is 13.0. The first-order valence-corrected chi connectivity index (χ1v) is 5.79. The predicted octanol–water partition coefficient (Wildman–Crippen LogP) is 1.52. The molecule has 3 nitrogen and oxygen atoms in total. The minimum Gasteiger partial charge on any atom is -0.494 e. The van der Waals surface area contributed by atoms with Gasteiger partial charge in [-0.15, -0.1) is 0 Å². The van der Waals surface area contributed by atoms with E-state index in [4.69, 9.17) is 10.5 Å². The van der Waals surface area contributed by atoms with Crippen LogP contribution >= 0.6 is 0 Å². The monoisotopic (exact) mass is 222 g/mol. The Balaban J connectivity index is 2.26. The smallest absolute Gasteiger partial charge is 0.119 e. The second-order valence-electron chi connectivity index (χ2n) is 4.19. The van der Waals surface area contributed by atoms with Crippen LogP contribution in [0.4, 0.5) is 0 Å². The Bertz CT molecular complexity index is 282. The van der Waals surface area contributed by atoms with Crippen LogP contribution in [0.25, 0.3) is 0 Å². The molecule has 0 unspecified atom stereocenters. The molecule has 90 valence electrons. The fourth-order valence-electron chi connectivity index (χ4n) is 1.49. The minimum atomic E-state index is 0.697. The van der Waals surface area contributed by atoms with Gasteiger partial charge in [0.05, 0.1) is 6.61 Å². The van der Waals surface area contributed by atoms with E-state index in [1.807, 2.05) is 12.1 Å². The lowest BCUT2D eigenvalue weighted by molar-refractivity contribution is 0.281. The Morgan fingerprint density at radius 1 is 1.19 bits per heavy atom. The zero-order valence-corrected chi connectivity index (χ0v) is 10.3. The molecule has 0 radical (unpaired) electrons. The van der Waals surface area contributed by atoms with Gasteiger partial charge in [0.25, 0.3) is 0 Å². The highest BCUT2D eigenvalue weighted by Crippen LogP contribution is 2.12. The van der Waals surface area contributed by atoms with Gasteiger partial charge in [0.1, 0.15) is 5.75 Å². The number of ether oxygens (including phenoxy) is 1. The largest absolute Gasteiger partial charge is 0.494 e. The maximum Gasteiger partial charge on any atom is 0.119 e. The van der Waals surface area contributed by atoms with Gasteiger partial charge in [-0.2, -0.15) is 0 Å². The molecule has 0 fully saturated rings. The fourth-order valence-corrected chi connectivity index (χ4v) is 1.49. The van der Waals surface area contributed by atoms with Crippen molar-refractivity contribution in [2.24, 2.45) is 5.73 Å². The molecule has 0 aliphatic heterocycles. The van der Waals surface area contributed by atoms with Gasteiger partial charge in [0.15, 0.2) is 0 Å². The van der Waals surface area contributed by atoms with Crippen molar-refractivity contribution in [2.75, 3.05) is 33.8 Å². The summed E-state index contributed by atoms with van der Waals surface area (Å²) in [5.41, 5.74) is 6.76. The average Bonchev–Trinajstić information content (AvgIpc) is 2.27. The van der Waals surface area contributed by atoms with Gasteiger partial charge in [0, 0.05) is 6.54 Å². The summed E-state index contributed by atoms with van der Waals surface area (Å²) in [6.45, 7) is 2.53. The lowest BCUT2D eigenvalue weighted by Gasteiger charge is -2.10. The number of hydrogen-bond acceptors (Lipinski definition) is 3. The molecule has 1 rings (SSSR count). The zero-order chi connectivity index (χ0) is 11.8. The number of nitrogens with zero attached hydrogens (tertiary/aromatic N) is 1. The van der Waals surface area contributed by atoms with Gasteiger partial charge in [-0.3, -0.25) is 0 Å². The van der Waals surface area contributed by atoms with E-state index < -0.39 is 0 Å². The summed E-state index contributed by atoms with van der Waals surface area (Å²) in [7, 11) is 4.14. The topological polar surface area (TPSA) is 38.5 Å². The molecule has 0 aliphatic carbocycles. The Morgan fingerprint density at radius 3 is 2.44 bits per heavy atom. The number of hydrogen-bond donors (Lipinski definition) is 1. The van der Waals surface area contributed by atoms with E-state index in [1.165, 1.54) is 5.56 Å². The highest BCUT2D eigenvalue weighted by molar-refractivity contribution is 5.27. The molecule has 1 aromatic rings. The normalized spacial score (nSPS) is 10.8. The third-order valence-electron chi connectivity index (χ3n) is 2.37. The van der Waals surface area contributed by atoms with Crippen molar-refractivity contribution in [2.45, 2.75) is 12.8 Å². The lowest BCUT2D eigenvalue weighted by Crippen LogP contribution is -2.15. The molecule has 0 aromatic heterocycles. The summed E-state index contributed by atoms with van der Waals surface area (Å²) in [5, 5.41) is 0. The lowest BCUT2D eigenvalue weighted by atomic mass is 10.1. The molecule has 0 spiro atoms. The van der Waals surface area contributed by atoms with E-state index in [1.54, 1.807) is 0 Å². The van der Waals surface area contributed by atoms with E-state index in [-0.39, 0.29) is 0 Å². The van der Waals surface area contributed by atoms with Crippen LogP contribution in [0.15, 0.2) is 24.3 Å². The van der Waals surface area contributed by atoms with Crippen molar-refractivity contribution in [3.05, 3.63) is 29.8 Å². The number of benzene rings is 1. The molecule has 0 bridgehead atoms. The maximum absolute atomic E-state index is 5.63. The molecule has 0 aliphatic rings. The van der Waals surface area contributed by atoms with E-state index in [9.17, 15) is 0 Å². The Kier molecular flexibility index (Phi) is 5.90. The van der Waals surface area contributed by atoms with Crippen molar-refractivity contribution in [1.29, 1.82) is 0 Å². The van der Waals surface area contributed by atoms with Crippen molar-refractivity contribution < 1.29 is 4.74 Å². The first-order chi connectivity index (χ1) is 7.72. The van der Waals surface area contributed by atoms with Crippen LogP contribution in [0.3, 0.4) is 0 Å². The van der Waals surface area contributed by atoms with Crippen LogP contribution in [-0.4, -0.2) is 38.7 Å². The molecule has 16 heavy (non-hydrogen) atoms. The predicted molar refractivity (Wildman–Crippen MR) is 67.9 cm³/mol. The third-order valence-corrected chi connectivity index (χ3v) is 2.37. The minimum absolute atomic E-state index is 0.697. The second-order valence-corrected chi connectivity index (χ2v) is 4.19. The van der Waals surface area contributed by atoms with Crippen molar-refractivity contribution >= 4 is 0 Å². The molecular formula is C13H22N2O. The maximum atomic E-state index is 5.63. The van der Waals surface area contributed by atoms with Crippen LogP contribution < -0.4 is 10.5 Å². The van der Waals surface area contributed by atoms with Crippen molar-refractivity contribution in [3.8, 4) is 5.75 Å². The number of rotatable bonds is 7. The molecule has 3 heteroatoms. The van der Waals surface area contributed by atoms with Crippen LogP contribution in [-0.2, 0) is 6.42 Å². The van der Waals surface area contributed by atoms with Crippen LogP contribution in [0.2, 0.25) is 0 Å². The van der Waals surface area contributed by atoms with Crippen molar-refractivity contribution in [1.82, 2.24) is 4.90 Å². The van der Waals surface area contributed by atoms with Crippen LogP contribution in [0, 0.1) is 0 Å². The van der Waals surface area contributed by atoms with Gasteiger partial charge in [0.2, 0.25) is 0 Å². The molecular weight excluding hydrogens is 200 g/mol. The molecule has 2 N–H and O–H groups in total. The van der Waals surface area contributed by atoms with E-state index >= 15 is 0 Å². The summed E-state index contributed by atoms with van der Waals surface area (Å²) in [6, 6.07) is 8.18. The van der Waals surface area contributed by atoms with Crippen LogP contribution in [0.1, 0.15) is 12.0 Å². The van der Waals surface area contributed by atoms with Gasteiger partial charge in [-0.05, 0) is 51.2 Å². The SMILES string of the molecule is CN(C)CCCOc1ccc(CCN)cc1. The summed E-state index contributed by atoms with van der Waals surface area (Å²) < 4.78 is 5.63.